The average Bonchev–Trinajstić information content (AvgIpc) is 3.08. The lowest BCUT2D eigenvalue weighted by Gasteiger charge is -2.36. The summed E-state index contributed by atoms with van der Waals surface area (Å²) in [6.07, 6.45) is 5.33. The van der Waals surface area contributed by atoms with E-state index in [1.807, 2.05) is 30.5 Å². The van der Waals surface area contributed by atoms with Gasteiger partial charge in [0.1, 0.15) is 0 Å². The molecule has 3 rings (SSSR count). The Kier molecular flexibility index (Phi) is 6.59. The molecule has 0 saturated carbocycles. The van der Waals surface area contributed by atoms with Gasteiger partial charge in [-0.25, -0.2) is 0 Å². The highest BCUT2D eigenvalue weighted by Crippen LogP contribution is 2.29. The lowest BCUT2D eigenvalue weighted by molar-refractivity contribution is -0.138. The number of hydrogen-bond donors (Lipinski definition) is 1. The number of thioether (sulfide) groups is 1. The van der Waals surface area contributed by atoms with E-state index in [-0.39, 0.29) is 17.7 Å². The van der Waals surface area contributed by atoms with Crippen LogP contribution in [0.15, 0.2) is 29.2 Å². The zero-order chi connectivity index (χ0) is 18.5. The molecule has 0 aliphatic carbocycles. The fourth-order valence-corrected chi connectivity index (χ4v) is 4.36. The number of benzene rings is 1. The van der Waals surface area contributed by atoms with Gasteiger partial charge in [-0.05, 0) is 62.9 Å². The van der Waals surface area contributed by atoms with Crippen LogP contribution in [-0.2, 0) is 9.59 Å². The lowest BCUT2D eigenvalue weighted by atomic mass is 10.0. The number of amides is 2. The summed E-state index contributed by atoms with van der Waals surface area (Å²) in [6, 6.07) is 8.33. The van der Waals surface area contributed by atoms with Crippen LogP contribution in [0.4, 0.5) is 5.69 Å². The molecule has 5 nitrogen and oxygen atoms in total. The first-order chi connectivity index (χ1) is 12.6. The fraction of sp³-hybridized carbons (Fsp3) is 0.600. The summed E-state index contributed by atoms with van der Waals surface area (Å²) in [4.78, 5) is 30.7. The molecule has 26 heavy (non-hydrogen) atoms. The average molecular weight is 376 g/mol. The van der Waals surface area contributed by atoms with Crippen molar-refractivity contribution in [2.45, 2.75) is 43.5 Å². The minimum absolute atomic E-state index is 0.0574. The maximum Gasteiger partial charge on any atom is 0.228 e. The van der Waals surface area contributed by atoms with Crippen molar-refractivity contribution in [3.05, 3.63) is 24.3 Å². The molecule has 1 aromatic rings. The summed E-state index contributed by atoms with van der Waals surface area (Å²) in [5.74, 6) is 0.00140. The van der Waals surface area contributed by atoms with Crippen molar-refractivity contribution < 1.29 is 9.59 Å². The molecule has 2 fully saturated rings. The minimum atomic E-state index is -0.218. The Bertz CT molecular complexity index is 628. The summed E-state index contributed by atoms with van der Waals surface area (Å²) < 4.78 is 0. The summed E-state index contributed by atoms with van der Waals surface area (Å²) >= 11 is 1.68. The summed E-state index contributed by atoms with van der Waals surface area (Å²) in [6.45, 7) is 5.34. The molecule has 0 radical (unpaired) electrons. The third-order valence-electron chi connectivity index (χ3n) is 5.36. The van der Waals surface area contributed by atoms with E-state index in [1.54, 1.807) is 16.7 Å². The Morgan fingerprint density at radius 2 is 1.96 bits per heavy atom. The van der Waals surface area contributed by atoms with Crippen LogP contribution in [0.3, 0.4) is 0 Å². The largest absolute Gasteiger partial charge is 0.339 e. The van der Waals surface area contributed by atoms with Crippen molar-refractivity contribution in [2.24, 2.45) is 5.92 Å². The third kappa shape index (κ3) is 4.23. The van der Waals surface area contributed by atoms with E-state index in [0.29, 0.717) is 19.0 Å². The van der Waals surface area contributed by atoms with Gasteiger partial charge in [-0.1, -0.05) is 6.92 Å². The quantitative estimate of drug-likeness (QED) is 0.777. The van der Waals surface area contributed by atoms with Gasteiger partial charge in [0, 0.05) is 36.1 Å². The van der Waals surface area contributed by atoms with Crippen LogP contribution in [0.1, 0.15) is 32.6 Å². The van der Waals surface area contributed by atoms with Crippen molar-refractivity contribution in [3.63, 3.8) is 0 Å². The van der Waals surface area contributed by atoms with Crippen LogP contribution in [0.25, 0.3) is 0 Å². The molecular weight excluding hydrogens is 346 g/mol. The number of piperidine rings is 1. The number of nitrogens with zero attached hydrogens (tertiary/aromatic N) is 2. The summed E-state index contributed by atoms with van der Waals surface area (Å²) in [5, 5.41) is 3.36. The molecule has 142 valence electrons. The normalized spacial score (nSPS) is 21.2. The van der Waals surface area contributed by atoms with Gasteiger partial charge in [0.2, 0.25) is 11.8 Å². The van der Waals surface area contributed by atoms with Gasteiger partial charge >= 0.3 is 0 Å². The van der Waals surface area contributed by atoms with Crippen LogP contribution in [0, 0.1) is 5.92 Å². The predicted molar refractivity (Wildman–Crippen MR) is 107 cm³/mol. The molecular formula is C20H29N3O2S. The van der Waals surface area contributed by atoms with Crippen molar-refractivity contribution in [3.8, 4) is 0 Å². The second-order valence-electron chi connectivity index (χ2n) is 7.12. The smallest absolute Gasteiger partial charge is 0.228 e. The van der Waals surface area contributed by atoms with Crippen LogP contribution >= 0.6 is 11.8 Å². The first kappa shape index (κ1) is 19.2. The highest BCUT2D eigenvalue weighted by atomic mass is 32.2. The lowest BCUT2D eigenvalue weighted by Crippen LogP contribution is -2.48. The monoisotopic (exact) mass is 375 g/mol. The molecule has 1 unspecified atom stereocenters. The highest BCUT2D eigenvalue weighted by Gasteiger charge is 2.38. The van der Waals surface area contributed by atoms with Gasteiger partial charge in [-0.15, -0.1) is 11.8 Å². The predicted octanol–water partition coefficient (Wildman–Crippen LogP) is 2.75. The molecule has 2 aliphatic heterocycles. The van der Waals surface area contributed by atoms with Crippen molar-refractivity contribution in [1.82, 2.24) is 10.2 Å². The molecule has 2 aliphatic rings. The molecule has 2 amide bonds. The summed E-state index contributed by atoms with van der Waals surface area (Å²) in [5.41, 5.74) is 0.895. The zero-order valence-electron chi connectivity index (χ0n) is 15.7. The molecule has 2 heterocycles. The number of hydrogen-bond acceptors (Lipinski definition) is 4. The van der Waals surface area contributed by atoms with E-state index >= 15 is 0 Å². The standard InChI is InChI=1S/C20H29N3O2S/c1-3-12-22(17-8-10-21-11-9-17)20(25)15-13-19(24)23(14-15)16-4-6-18(26-2)7-5-16/h4-7,15,17,21H,3,8-14H2,1-2H3. The minimum Gasteiger partial charge on any atom is -0.339 e. The molecule has 6 heteroatoms. The number of rotatable bonds is 6. The Labute approximate surface area is 160 Å². The molecule has 1 N–H and O–H groups in total. The Balaban J connectivity index is 1.69. The second-order valence-corrected chi connectivity index (χ2v) is 8.00. The first-order valence-electron chi connectivity index (χ1n) is 9.59. The van der Waals surface area contributed by atoms with E-state index in [1.165, 1.54) is 4.90 Å². The van der Waals surface area contributed by atoms with Crippen molar-refractivity contribution >= 4 is 29.3 Å². The van der Waals surface area contributed by atoms with Gasteiger partial charge in [0.15, 0.2) is 0 Å². The number of carbonyl (C=O) groups excluding carboxylic acids is 2. The third-order valence-corrected chi connectivity index (χ3v) is 6.10. The number of nitrogens with one attached hydrogen (secondary N) is 1. The molecule has 1 aromatic carbocycles. The summed E-state index contributed by atoms with van der Waals surface area (Å²) in [7, 11) is 0. The van der Waals surface area contributed by atoms with Crippen LogP contribution in [-0.4, -0.2) is 55.2 Å². The topological polar surface area (TPSA) is 52.7 Å². The van der Waals surface area contributed by atoms with Crippen LogP contribution in [0.5, 0.6) is 0 Å². The van der Waals surface area contributed by atoms with E-state index in [4.69, 9.17) is 0 Å². The Hall–Kier alpha value is -1.53. The van der Waals surface area contributed by atoms with E-state index in [9.17, 15) is 9.59 Å². The first-order valence-corrected chi connectivity index (χ1v) is 10.8. The van der Waals surface area contributed by atoms with Gasteiger partial charge in [-0.2, -0.15) is 0 Å². The van der Waals surface area contributed by atoms with Gasteiger partial charge < -0.3 is 15.1 Å². The Morgan fingerprint density at radius 3 is 2.58 bits per heavy atom. The maximum atomic E-state index is 13.2. The molecule has 1 atom stereocenters. The fourth-order valence-electron chi connectivity index (χ4n) is 3.95. The van der Waals surface area contributed by atoms with Crippen molar-refractivity contribution in [2.75, 3.05) is 37.3 Å². The van der Waals surface area contributed by atoms with E-state index in [2.05, 4.69) is 17.1 Å². The number of anilines is 1. The Morgan fingerprint density at radius 1 is 1.27 bits per heavy atom. The number of carbonyl (C=O) groups is 2. The van der Waals surface area contributed by atoms with Crippen LogP contribution < -0.4 is 10.2 Å². The SMILES string of the molecule is CCCN(C(=O)C1CC(=O)N(c2ccc(SC)cc2)C1)C1CCNCC1. The van der Waals surface area contributed by atoms with Gasteiger partial charge in [-0.3, -0.25) is 9.59 Å². The molecule has 2 saturated heterocycles. The maximum absolute atomic E-state index is 13.2. The second kappa shape index (κ2) is 8.91. The molecule has 0 spiro atoms. The van der Waals surface area contributed by atoms with E-state index in [0.717, 1.165) is 44.6 Å². The van der Waals surface area contributed by atoms with Gasteiger partial charge in [0.05, 0.1) is 5.92 Å². The highest BCUT2D eigenvalue weighted by molar-refractivity contribution is 7.98. The molecule has 0 bridgehead atoms. The zero-order valence-corrected chi connectivity index (χ0v) is 16.6. The van der Waals surface area contributed by atoms with Crippen LogP contribution in [0.2, 0.25) is 0 Å². The van der Waals surface area contributed by atoms with Crippen molar-refractivity contribution in [1.29, 1.82) is 0 Å². The van der Waals surface area contributed by atoms with Gasteiger partial charge in [0.25, 0.3) is 0 Å². The molecule has 0 aromatic heterocycles. The van der Waals surface area contributed by atoms with E-state index < -0.39 is 0 Å².